The Morgan fingerprint density at radius 1 is 1.11 bits per heavy atom. The second kappa shape index (κ2) is 4.61. The van der Waals surface area contributed by atoms with Gasteiger partial charge < -0.3 is 4.98 Å². The third kappa shape index (κ3) is 2.08. The summed E-state index contributed by atoms with van der Waals surface area (Å²) in [5, 5.41) is 0. The Balaban J connectivity index is 2.10. The molecule has 0 aliphatic heterocycles. The second-order valence-electron chi connectivity index (χ2n) is 4.16. The fraction of sp³-hybridized carbons (Fsp3) is 0.0714. The lowest BCUT2D eigenvalue weighted by Crippen LogP contribution is -2.17. The van der Waals surface area contributed by atoms with Crippen molar-refractivity contribution in [1.29, 1.82) is 0 Å². The van der Waals surface area contributed by atoms with E-state index >= 15 is 0 Å². The molecule has 0 bridgehead atoms. The Bertz CT molecular complexity index is 758. The minimum absolute atomic E-state index is 0.0601. The molecule has 1 N–H and O–H groups in total. The smallest absolute Gasteiger partial charge is 0.306 e. The second-order valence-corrected chi connectivity index (χ2v) is 5.41. The summed E-state index contributed by atoms with van der Waals surface area (Å²) in [4.78, 5) is 14.8. The van der Waals surface area contributed by atoms with Crippen LogP contribution in [-0.4, -0.2) is 9.55 Å². The van der Waals surface area contributed by atoms with Gasteiger partial charge in [0.2, 0.25) is 0 Å². The zero-order valence-corrected chi connectivity index (χ0v) is 11.7. The topological polar surface area (TPSA) is 37.8 Å². The van der Waals surface area contributed by atoms with Crippen LogP contribution in [-0.2, 0) is 6.54 Å². The molecule has 90 valence electrons. The quantitative estimate of drug-likeness (QED) is 0.709. The predicted molar refractivity (Wildman–Crippen MR) is 80.8 cm³/mol. The normalized spacial score (nSPS) is 10.9. The Hall–Kier alpha value is -1.56. The summed E-state index contributed by atoms with van der Waals surface area (Å²) in [7, 11) is 0. The first-order valence-corrected chi connectivity index (χ1v) is 6.74. The molecule has 0 fully saturated rings. The van der Waals surface area contributed by atoms with Gasteiger partial charge in [-0.25, -0.2) is 4.79 Å². The summed E-state index contributed by atoms with van der Waals surface area (Å²) >= 11 is 2.28. The number of hydrogen-bond acceptors (Lipinski definition) is 1. The number of H-pyrrole nitrogens is 1. The largest absolute Gasteiger partial charge is 0.326 e. The highest BCUT2D eigenvalue weighted by atomic mass is 127. The summed E-state index contributed by atoms with van der Waals surface area (Å²) in [6, 6.07) is 15.9. The van der Waals surface area contributed by atoms with Crippen LogP contribution in [0, 0.1) is 3.57 Å². The van der Waals surface area contributed by atoms with Gasteiger partial charge in [-0.3, -0.25) is 4.57 Å². The number of nitrogens with zero attached hydrogens (tertiary/aromatic N) is 1. The third-order valence-electron chi connectivity index (χ3n) is 2.91. The van der Waals surface area contributed by atoms with Crippen molar-refractivity contribution in [2.24, 2.45) is 0 Å². The number of benzene rings is 2. The van der Waals surface area contributed by atoms with Gasteiger partial charge in [-0.2, -0.15) is 0 Å². The Kier molecular flexibility index (Phi) is 2.95. The van der Waals surface area contributed by atoms with E-state index in [4.69, 9.17) is 0 Å². The summed E-state index contributed by atoms with van der Waals surface area (Å²) in [5.74, 6) is 0. The molecule has 0 radical (unpaired) electrons. The molecular weight excluding hydrogens is 339 g/mol. The standard InChI is InChI=1S/C14H11IN2O/c15-11-5-3-4-10(8-11)9-17-13-7-2-1-6-12(13)16-14(17)18/h1-8H,9H2,(H,16,18). The van der Waals surface area contributed by atoms with E-state index in [1.54, 1.807) is 4.57 Å². The highest BCUT2D eigenvalue weighted by Crippen LogP contribution is 2.13. The highest BCUT2D eigenvalue weighted by Gasteiger charge is 2.06. The van der Waals surface area contributed by atoms with Crippen LogP contribution >= 0.6 is 22.6 Å². The fourth-order valence-electron chi connectivity index (χ4n) is 2.08. The highest BCUT2D eigenvalue weighted by molar-refractivity contribution is 14.1. The summed E-state index contributed by atoms with van der Waals surface area (Å²) in [6.45, 7) is 0.597. The Labute approximate surface area is 118 Å². The van der Waals surface area contributed by atoms with Crippen LogP contribution in [0.15, 0.2) is 53.3 Å². The fourth-order valence-corrected chi connectivity index (χ4v) is 2.69. The van der Waals surface area contributed by atoms with E-state index in [1.807, 2.05) is 42.5 Å². The lowest BCUT2D eigenvalue weighted by atomic mass is 10.2. The van der Waals surface area contributed by atoms with E-state index in [0.29, 0.717) is 6.54 Å². The lowest BCUT2D eigenvalue weighted by molar-refractivity contribution is 0.786. The van der Waals surface area contributed by atoms with Gasteiger partial charge in [-0.15, -0.1) is 0 Å². The maximum Gasteiger partial charge on any atom is 0.326 e. The van der Waals surface area contributed by atoms with E-state index in [2.05, 4.69) is 33.6 Å². The predicted octanol–water partition coefficient (Wildman–Crippen LogP) is 2.98. The van der Waals surface area contributed by atoms with E-state index < -0.39 is 0 Å². The van der Waals surface area contributed by atoms with Gasteiger partial charge in [0.15, 0.2) is 0 Å². The van der Waals surface area contributed by atoms with Crippen molar-refractivity contribution in [3.63, 3.8) is 0 Å². The molecule has 1 heterocycles. The zero-order valence-electron chi connectivity index (χ0n) is 9.56. The van der Waals surface area contributed by atoms with Gasteiger partial charge in [-0.1, -0.05) is 24.3 Å². The van der Waals surface area contributed by atoms with Gasteiger partial charge >= 0.3 is 5.69 Å². The number of rotatable bonds is 2. The van der Waals surface area contributed by atoms with Crippen LogP contribution in [0.4, 0.5) is 0 Å². The number of fused-ring (bicyclic) bond motifs is 1. The summed E-state index contributed by atoms with van der Waals surface area (Å²) in [5.41, 5.74) is 2.90. The van der Waals surface area contributed by atoms with Gasteiger partial charge in [0.25, 0.3) is 0 Å². The van der Waals surface area contributed by atoms with Gasteiger partial charge in [0, 0.05) is 3.57 Å². The molecule has 0 spiro atoms. The molecule has 18 heavy (non-hydrogen) atoms. The average Bonchev–Trinajstić information content (AvgIpc) is 2.66. The van der Waals surface area contributed by atoms with E-state index in [0.717, 1.165) is 16.6 Å². The molecule has 0 unspecified atom stereocenters. The Morgan fingerprint density at radius 3 is 2.78 bits per heavy atom. The van der Waals surface area contributed by atoms with Crippen molar-refractivity contribution < 1.29 is 0 Å². The van der Waals surface area contributed by atoms with Crippen LogP contribution in [0.3, 0.4) is 0 Å². The number of aromatic nitrogens is 2. The summed E-state index contributed by atoms with van der Waals surface area (Å²) < 4.78 is 2.94. The Morgan fingerprint density at radius 2 is 1.94 bits per heavy atom. The number of aromatic amines is 1. The minimum Gasteiger partial charge on any atom is -0.306 e. The number of nitrogens with one attached hydrogen (secondary N) is 1. The van der Waals surface area contributed by atoms with Gasteiger partial charge in [0.05, 0.1) is 17.6 Å². The molecule has 3 rings (SSSR count). The summed E-state index contributed by atoms with van der Waals surface area (Å²) in [6.07, 6.45) is 0. The van der Waals surface area contributed by atoms with Crippen molar-refractivity contribution in [1.82, 2.24) is 9.55 Å². The van der Waals surface area contributed by atoms with Crippen molar-refractivity contribution in [3.05, 3.63) is 68.1 Å². The van der Waals surface area contributed by atoms with Crippen molar-refractivity contribution in [2.45, 2.75) is 6.54 Å². The molecule has 3 nitrogen and oxygen atoms in total. The number of halogens is 1. The third-order valence-corrected chi connectivity index (χ3v) is 3.58. The molecule has 2 aromatic carbocycles. The molecule has 0 aliphatic carbocycles. The first-order valence-electron chi connectivity index (χ1n) is 5.66. The van der Waals surface area contributed by atoms with Crippen LogP contribution < -0.4 is 5.69 Å². The molecular formula is C14H11IN2O. The number of hydrogen-bond donors (Lipinski definition) is 1. The molecule has 0 atom stereocenters. The molecule has 0 amide bonds. The number of para-hydroxylation sites is 2. The van der Waals surface area contributed by atoms with E-state index in [9.17, 15) is 4.79 Å². The van der Waals surface area contributed by atoms with Crippen LogP contribution in [0.2, 0.25) is 0 Å². The monoisotopic (exact) mass is 350 g/mol. The zero-order chi connectivity index (χ0) is 12.5. The first-order chi connectivity index (χ1) is 8.74. The molecule has 0 saturated carbocycles. The number of imidazole rings is 1. The van der Waals surface area contributed by atoms with E-state index in [-0.39, 0.29) is 5.69 Å². The van der Waals surface area contributed by atoms with Crippen molar-refractivity contribution >= 4 is 33.6 Å². The van der Waals surface area contributed by atoms with Crippen LogP contribution in [0.25, 0.3) is 11.0 Å². The van der Waals surface area contributed by atoms with Crippen LogP contribution in [0.1, 0.15) is 5.56 Å². The van der Waals surface area contributed by atoms with Crippen LogP contribution in [0.5, 0.6) is 0 Å². The molecule has 0 saturated heterocycles. The molecule has 0 aliphatic rings. The van der Waals surface area contributed by atoms with Gasteiger partial charge in [0.1, 0.15) is 0 Å². The molecule has 3 aromatic rings. The van der Waals surface area contributed by atoms with Crippen molar-refractivity contribution in [3.8, 4) is 0 Å². The molecule has 4 heteroatoms. The maximum atomic E-state index is 11.9. The minimum atomic E-state index is -0.0601. The first kappa shape index (κ1) is 11.5. The van der Waals surface area contributed by atoms with Crippen molar-refractivity contribution in [2.75, 3.05) is 0 Å². The SMILES string of the molecule is O=c1[nH]c2ccccc2n1Cc1cccc(I)c1. The maximum absolute atomic E-state index is 11.9. The molecule has 1 aromatic heterocycles. The van der Waals surface area contributed by atoms with E-state index in [1.165, 1.54) is 3.57 Å². The average molecular weight is 350 g/mol. The van der Waals surface area contributed by atoms with Gasteiger partial charge in [-0.05, 0) is 52.4 Å². The lowest BCUT2D eigenvalue weighted by Gasteiger charge is -2.04.